The van der Waals surface area contributed by atoms with Gasteiger partial charge in [0.2, 0.25) is 17.7 Å². The van der Waals surface area contributed by atoms with Gasteiger partial charge in [0.1, 0.15) is 18.1 Å². The monoisotopic (exact) mass is 459 g/mol. The number of fused-ring (bicyclic) bond motifs is 1. The molecule has 3 atom stereocenters. The summed E-state index contributed by atoms with van der Waals surface area (Å²) in [6.45, 7) is 6.55. The Morgan fingerprint density at radius 2 is 1.55 bits per heavy atom. The minimum Gasteiger partial charge on any atom is -0.480 e. The fraction of sp³-hybridized carbons (Fsp3) is 0.478. The Morgan fingerprint density at radius 1 is 0.939 bits per heavy atom. The maximum atomic E-state index is 13.2. The lowest BCUT2D eigenvalue weighted by Crippen LogP contribution is -2.58. The van der Waals surface area contributed by atoms with E-state index in [9.17, 15) is 24.3 Å². The number of para-hydroxylation sites is 1. The summed E-state index contributed by atoms with van der Waals surface area (Å²) in [6.07, 6.45) is 1.95. The second-order valence-corrected chi connectivity index (χ2v) is 8.69. The van der Waals surface area contributed by atoms with Crippen LogP contribution in [0.5, 0.6) is 0 Å². The van der Waals surface area contributed by atoms with Gasteiger partial charge in [-0.1, -0.05) is 45.9 Å². The lowest BCUT2D eigenvalue weighted by atomic mass is 9.99. The molecule has 33 heavy (non-hydrogen) atoms. The van der Waals surface area contributed by atoms with Gasteiger partial charge in [-0.15, -0.1) is 0 Å². The fourth-order valence-electron chi connectivity index (χ4n) is 3.53. The highest BCUT2D eigenvalue weighted by Crippen LogP contribution is 2.19. The molecule has 0 saturated carbocycles. The van der Waals surface area contributed by atoms with E-state index in [1.165, 1.54) is 0 Å². The Morgan fingerprint density at radius 3 is 2.12 bits per heavy atom. The first kappa shape index (κ1) is 25.9. The number of nitrogens with one attached hydrogen (secondary N) is 4. The summed E-state index contributed by atoms with van der Waals surface area (Å²) in [5, 5.41) is 18.1. The van der Waals surface area contributed by atoms with E-state index in [1.54, 1.807) is 33.9 Å². The van der Waals surface area contributed by atoms with Crippen LogP contribution >= 0.6 is 0 Å². The molecule has 10 nitrogen and oxygen atoms in total. The highest BCUT2D eigenvalue weighted by molar-refractivity contribution is 5.94. The number of aromatic amines is 1. The van der Waals surface area contributed by atoms with Crippen molar-refractivity contribution in [2.45, 2.75) is 52.2 Å². The molecule has 3 unspecified atom stereocenters. The van der Waals surface area contributed by atoms with Crippen molar-refractivity contribution in [2.75, 3.05) is 6.54 Å². The normalized spacial score (nSPS) is 14.0. The van der Waals surface area contributed by atoms with E-state index in [-0.39, 0.29) is 24.8 Å². The van der Waals surface area contributed by atoms with Crippen LogP contribution in [0.1, 0.15) is 33.3 Å². The van der Waals surface area contributed by atoms with E-state index in [4.69, 9.17) is 5.73 Å². The number of carboxylic acid groups (broad SMARTS) is 1. The minimum atomic E-state index is -1.15. The predicted octanol–water partition coefficient (Wildman–Crippen LogP) is 0.520. The number of aliphatic carboxylic acids is 1. The van der Waals surface area contributed by atoms with Crippen molar-refractivity contribution < 1.29 is 24.3 Å². The number of rotatable bonds is 11. The summed E-state index contributed by atoms with van der Waals surface area (Å²) in [5.41, 5.74) is 7.14. The van der Waals surface area contributed by atoms with Gasteiger partial charge in [-0.2, -0.15) is 0 Å². The molecule has 10 heteroatoms. The zero-order valence-electron chi connectivity index (χ0n) is 19.3. The second-order valence-electron chi connectivity index (χ2n) is 8.69. The van der Waals surface area contributed by atoms with Crippen LogP contribution < -0.4 is 21.7 Å². The molecule has 2 rings (SSSR count). The lowest BCUT2D eigenvalue weighted by Gasteiger charge is -2.27. The van der Waals surface area contributed by atoms with E-state index in [2.05, 4.69) is 20.9 Å². The summed E-state index contributed by atoms with van der Waals surface area (Å²) in [4.78, 5) is 52.6. The molecule has 0 aliphatic heterocycles. The van der Waals surface area contributed by atoms with Crippen LogP contribution in [0.4, 0.5) is 0 Å². The number of carboxylic acids is 1. The van der Waals surface area contributed by atoms with Crippen LogP contribution in [-0.2, 0) is 25.6 Å². The van der Waals surface area contributed by atoms with E-state index < -0.39 is 41.8 Å². The van der Waals surface area contributed by atoms with Gasteiger partial charge in [0.25, 0.3) is 0 Å². The fourth-order valence-corrected chi connectivity index (χ4v) is 3.53. The van der Waals surface area contributed by atoms with E-state index in [0.717, 1.165) is 16.5 Å². The van der Waals surface area contributed by atoms with Gasteiger partial charge in [-0.3, -0.25) is 14.4 Å². The SMILES string of the molecule is CC(C)C(NC(=O)C(NC(=O)C(Cc1c[nH]c2ccccc12)NC(=O)CN)C(C)C)C(=O)O. The molecule has 0 spiro atoms. The number of amides is 3. The Bertz CT molecular complexity index is 1000. The topological polar surface area (TPSA) is 166 Å². The molecule has 2 aromatic rings. The highest BCUT2D eigenvalue weighted by atomic mass is 16.4. The van der Waals surface area contributed by atoms with Crippen molar-refractivity contribution >= 4 is 34.6 Å². The van der Waals surface area contributed by atoms with E-state index >= 15 is 0 Å². The summed E-state index contributed by atoms with van der Waals surface area (Å²) < 4.78 is 0. The van der Waals surface area contributed by atoms with Gasteiger partial charge in [0.15, 0.2) is 0 Å². The van der Waals surface area contributed by atoms with Crippen molar-refractivity contribution in [1.82, 2.24) is 20.9 Å². The quantitative estimate of drug-likeness (QED) is 0.286. The molecule has 0 bridgehead atoms. The van der Waals surface area contributed by atoms with Crippen LogP contribution in [0, 0.1) is 11.8 Å². The second kappa shape index (κ2) is 11.5. The molecule has 0 aliphatic carbocycles. The third kappa shape index (κ3) is 6.79. The van der Waals surface area contributed by atoms with Crippen LogP contribution in [0.25, 0.3) is 10.9 Å². The molecule has 3 amide bonds. The number of hydrogen-bond acceptors (Lipinski definition) is 5. The summed E-state index contributed by atoms with van der Waals surface area (Å²) in [6, 6.07) is 4.51. The molecule has 7 N–H and O–H groups in total. The third-order valence-electron chi connectivity index (χ3n) is 5.41. The summed E-state index contributed by atoms with van der Waals surface area (Å²) in [7, 11) is 0. The zero-order valence-corrected chi connectivity index (χ0v) is 19.3. The Kier molecular flexibility index (Phi) is 8.98. The average Bonchev–Trinajstić information content (AvgIpc) is 3.17. The summed E-state index contributed by atoms with van der Waals surface area (Å²) in [5.74, 6) is -3.49. The molecule has 1 aromatic carbocycles. The number of H-pyrrole nitrogens is 1. The zero-order chi connectivity index (χ0) is 24.7. The van der Waals surface area contributed by atoms with Crippen LogP contribution in [0.3, 0.4) is 0 Å². The van der Waals surface area contributed by atoms with Crippen LogP contribution in [-0.4, -0.2) is 58.5 Å². The molecule has 1 aromatic heterocycles. The molecule has 180 valence electrons. The maximum absolute atomic E-state index is 13.2. The number of carbonyl (C=O) groups is 4. The standard InChI is InChI=1S/C23H33N5O5/c1-12(2)19(22(31)28-20(13(3)4)23(32)33)27-21(30)17(26-18(29)10-24)9-14-11-25-16-8-6-5-7-15(14)16/h5-8,11-13,17,19-20,25H,9-10,24H2,1-4H3,(H,26,29)(H,27,30)(H,28,31)(H,32,33). The van der Waals surface area contributed by atoms with Crippen molar-refractivity contribution in [3.05, 3.63) is 36.0 Å². The molecule has 0 aliphatic rings. The molecule has 0 saturated heterocycles. The molecule has 1 heterocycles. The van der Waals surface area contributed by atoms with Crippen molar-refractivity contribution in [3.8, 4) is 0 Å². The highest BCUT2D eigenvalue weighted by Gasteiger charge is 2.32. The van der Waals surface area contributed by atoms with E-state index in [1.807, 2.05) is 24.3 Å². The molecule has 0 radical (unpaired) electrons. The average molecular weight is 460 g/mol. The van der Waals surface area contributed by atoms with Gasteiger partial charge >= 0.3 is 5.97 Å². The van der Waals surface area contributed by atoms with E-state index in [0.29, 0.717) is 0 Å². The Balaban J connectivity index is 2.23. The van der Waals surface area contributed by atoms with Crippen molar-refractivity contribution in [2.24, 2.45) is 17.6 Å². The summed E-state index contributed by atoms with van der Waals surface area (Å²) >= 11 is 0. The molecular formula is C23H33N5O5. The van der Waals surface area contributed by atoms with Gasteiger partial charge in [0, 0.05) is 23.5 Å². The first-order valence-electron chi connectivity index (χ1n) is 10.9. The Labute approximate surface area is 192 Å². The first-order chi connectivity index (χ1) is 15.5. The largest absolute Gasteiger partial charge is 0.480 e. The van der Waals surface area contributed by atoms with Crippen molar-refractivity contribution in [1.29, 1.82) is 0 Å². The minimum absolute atomic E-state index is 0.178. The number of hydrogen-bond donors (Lipinski definition) is 6. The Hall–Kier alpha value is -3.40. The van der Waals surface area contributed by atoms with Gasteiger partial charge in [-0.25, -0.2) is 4.79 Å². The molecule has 0 fully saturated rings. The van der Waals surface area contributed by atoms with Crippen LogP contribution in [0.2, 0.25) is 0 Å². The third-order valence-corrected chi connectivity index (χ3v) is 5.41. The lowest BCUT2D eigenvalue weighted by molar-refractivity contribution is -0.143. The number of nitrogens with two attached hydrogens (primary N) is 1. The maximum Gasteiger partial charge on any atom is 0.326 e. The smallest absolute Gasteiger partial charge is 0.326 e. The number of carbonyl (C=O) groups excluding carboxylic acids is 3. The van der Waals surface area contributed by atoms with Gasteiger partial charge in [-0.05, 0) is 23.5 Å². The molecular weight excluding hydrogens is 426 g/mol. The van der Waals surface area contributed by atoms with Crippen LogP contribution in [0.15, 0.2) is 30.5 Å². The number of benzene rings is 1. The first-order valence-corrected chi connectivity index (χ1v) is 10.9. The van der Waals surface area contributed by atoms with Gasteiger partial charge < -0.3 is 31.8 Å². The van der Waals surface area contributed by atoms with Gasteiger partial charge in [0.05, 0.1) is 6.54 Å². The predicted molar refractivity (Wildman–Crippen MR) is 124 cm³/mol. The van der Waals surface area contributed by atoms with Crippen molar-refractivity contribution in [3.63, 3.8) is 0 Å². The number of aromatic nitrogens is 1.